The number of benzene rings is 2. The van der Waals surface area contributed by atoms with Gasteiger partial charge in [0.25, 0.3) is 10.0 Å². The Morgan fingerprint density at radius 1 is 1.07 bits per heavy atom. The van der Waals surface area contributed by atoms with E-state index in [0.29, 0.717) is 35.7 Å². The summed E-state index contributed by atoms with van der Waals surface area (Å²) in [5.41, 5.74) is 2.27. The molecule has 1 fully saturated rings. The first-order valence-corrected chi connectivity index (χ1v) is 10.0. The summed E-state index contributed by atoms with van der Waals surface area (Å²) in [5.74, 6) is -0.153. The van der Waals surface area contributed by atoms with Crippen LogP contribution in [0.5, 0.6) is 0 Å². The van der Waals surface area contributed by atoms with E-state index in [-0.39, 0.29) is 23.3 Å². The van der Waals surface area contributed by atoms with Crippen LogP contribution in [0.15, 0.2) is 47.4 Å². The van der Waals surface area contributed by atoms with Crippen LogP contribution in [0.1, 0.15) is 12.0 Å². The molecular weight excluding hydrogens is 368 g/mol. The third-order valence-electron chi connectivity index (χ3n) is 4.50. The number of hydrogen-bond donors (Lipinski definition) is 3. The van der Waals surface area contributed by atoms with Crippen LogP contribution in [-0.2, 0) is 21.2 Å². The maximum Gasteiger partial charge on any atom is 0.321 e. The van der Waals surface area contributed by atoms with Crippen molar-refractivity contribution in [1.82, 2.24) is 5.32 Å². The summed E-state index contributed by atoms with van der Waals surface area (Å²) in [7, 11) is -3.82. The Labute approximate surface area is 156 Å². The summed E-state index contributed by atoms with van der Waals surface area (Å²) in [5, 5.41) is 5.44. The van der Waals surface area contributed by atoms with Crippen LogP contribution >= 0.6 is 0 Å². The standard InChI is InChI=1S/C18H18N4O4S/c23-17-10-12-9-15(5-6-16(12)20-17)27(25,26)21-13-3-1-4-14(11-13)22-8-2-7-19-18(22)24/h1,3-6,9,11,21H,2,7-8,10H2,(H,19,24)(H,20,23). The van der Waals surface area contributed by atoms with Crippen molar-refractivity contribution in [2.24, 2.45) is 0 Å². The third kappa shape index (κ3) is 3.45. The normalized spacial score (nSPS) is 16.5. The van der Waals surface area contributed by atoms with Crippen LogP contribution in [0, 0.1) is 0 Å². The van der Waals surface area contributed by atoms with Crippen molar-refractivity contribution in [1.29, 1.82) is 0 Å². The summed E-state index contributed by atoms with van der Waals surface area (Å²) in [6, 6.07) is 11.0. The molecule has 0 saturated carbocycles. The van der Waals surface area contributed by atoms with E-state index in [9.17, 15) is 18.0 Å². The van der Waals surface area contributed by atoms with E-state index in [2.05, 4.69) is 15.4 Å². The lowest BCUT2D eigenvalue weighted by Crippen LogP contribution is -2.46. The fraction of sp³-hybridized carbons (Fsp3) is 0.222. The molecule has 0 radical (unpaired) electrons. The molecule has 0 unspecified atom stereocenters. The fourth-order valence-electron chi connectivity index (χ4n) is 3.20. The Morgan fingerprint density at radius 2 is 1.93 bits per heavy atom. The van der Waals surface area contributed by atoms with Crippen LogP contribution in [0.3, 0.4) is 0 Å². The Balaban J connectivity index is 1.58. The van der Waals surface area contributed by atoms with E-state index in [0.717, 1.165) is 6.42 Å². The molecule has 1 saturated heterocycles. The Kier molecular flexibility index (Phi) is 4.23. The highest BCUT2D eigenvalue weighted by Crippen LogP contribution is 2.28. The number of carbonyl (C=O) groups is 2. The van der Waals surface area contributed by atoms with Gasteiger partial charge in [-0.05, 0) is 48.4 Å². The number of carbonyl (C=O) groups excluding carboxylic acids is 2. The first-order valence-electron chi connectivity index (χ1n) is 8.53. The van der Waals surface area contributed by atoms with Gasteiger partial charge in [-0.25, -0.2) is 13.2 Å². The molecule has 8 nitrogen and oxygen atoms in total. The zero-order chi connectivity index (χ0) is 19.0. The van der Waals surface area contributed by atoms with Crippen molar-refractivity contribution in [2.45, 2.75) is 17.7 Å². The molecule has 2 aliphatic heterocycles. The van der Waals surface area contributed by atoms with E-state index < -0.39 is 10.0 Å². The first-order chi connectivity index (χ1) is 12.9. The topological polar surface area (TPSA) is 108 Å². The number of amides is 3. The Bertz CT molecular complexity index is 1040. The van der Waals surface area contributed by atoms with Crippen molar-refractivity contribution in [3.8, 4) is 0 Å². The lowest BCUT2D eigenvalue weighted by Gasteiger charge is -2.27. The molecule has 2 aliphatic rings. The van der Waals surface area contributed by atoms with Gasteiger partial charge in [-0.3, -0.25) is 14.4 Å². The van der Waals surface area contributed by atoms with Crippen molar-refractivity contribution in [3.63, 3.8) is 0 Å². The summed E-state index contributed by atoms with van der Waals surface area (Å²) in [4.78, 5) is 25.1. The monoisotopic (exact) mass is 386 g/mol. The lowest BCUT2D eigenvalue weighted by atomic mass is 10.2. The second-order valence-electron chi connectivity index (χ2n) is 6.44. The minimum absolute atomic E-state index is 0.0823. The summed E-state index contributed by atoms with van der Waals surface area (Å²) in [6.07, 6.45) is 0.988. The number of rotatable bonds is 4. The second kappa shape index (κ2) is 6.58. The molecule has 0 bridgehead atoms. The number of fused-ring (bicyclic) bond motifs is 1. The van der Waals surface area contributed by atoms with Gasteiger partial charge < -0.3 is 10.6 Å². The smallest absolute Gasteiger partial charge is 0.321 e. The molecule has 3 N–H and O–H groups in total. The van der Waals surface area contributed by atoms with Crippen LogP contribution in [0.25, 0.3) is 0 Å². The van der Waals surface area contributed by atoms with Crippen LogP contribution < -0.4 is 20.3 Å². The number of nitrogens with zero attached hydrogens (tertiary/aromatic N) is 1. The van der Waals surface area contributed by atoms with Crippen molar-refractivity contribution in [2.75, 3.05) is 28.0 Å². The van der Waals surface area contributed by atoms with E-state index in [1.165, 1.54) is 12.1 Å². The Morgan fingerprint density at radius 3 is 2.74 bits per heavy atom. The molecular formula is C18H18N4O4S. The largest absolute Gasteiger partial charge is 0.338 e. The van der Waals surface area contributed by atoms with Gasteiger partial charge in [-0.2, -0.15) is 0 Å². The van der Waals surface area contributed by atoms with E-state index in [1.807, 2.05) is 0 Å². The number of urea groups is 1. The Hall–Kier alpha value is -3.07. The van der Waals surface area contributed by atoms with Gasteiger partial charge in [0.05, 0.1) is 17.0 Å². The maximum absolute atomic E-state index is 12.7. The highest BCUT2D eigenvalue weighted by atomic mass is 32.2. The number of hydrogen-bond acceptors (Lipinski definition) is 4. The fourth-order valence-corrected chi connectivity index (χ4v) is 4.30. The summed E-state index contributed by atoms with van der Waals surface area (Å²) >= 11 is 0. The lowest BCUT2D eigenvalue weighted by molar-refractivity contribution is -0.115. The SMILES string of the molecule is O=C1Cc2cc(S(=O)(=O)Nc3cccc(N4CCCNC4=O)c3)ccc2N1. The van der Waals surface area contributed by atoms with Crippen molar-refractivity contribution in [3.05, 3.63) is 48.0 Å². The van der Waals surface area contributed by atoms with Gasteiger partial charge in [-0.1, -0.05) is 6.07 Å². The third-order valence-corrected chi connectivity index (χ3v) is 5.88. The van der Waals surface area contributed by atoms with Crippen LogP contribution in [0.2, 0.25) is 0 Å². The molecule has 0 aliphatic carbocycles. The highest BCUT2D eigenvalue weighted by molar-refractivity contribution is 7.92. The predicted molar refractivity (Wildman–Crippen MR) is 101 cm³/mol. The van der Waals surface area contributed by atoms with Crippen LogP contribution in [-0.4, -0.2) is 33.4 Å². The number of anilines is 3. The van der Waals surface area contributed by atoms with Crippen LogP contribution in [0.4, 0.5) is 21.9 Å². The zero-order valence-electron chi connectivity index (χ0n) is 14.4. The quantitative estimate of drug-likeness (QED) is 0.746. The van der Waals surface area contributed by atoms with Gasteiger partial charge in [0.1, 0.15) is 0 Å². The van der Waals surface area contributed by atoms with E-state index in [4.69, 9.17) is 0 Å². The minimum Gasteiger partial charge on any atom is -0.338 e. The summed E-state index contributed by atoms with van der Waals surface area (Å²) < 4.78 is 28.0. The average molecular weight is 386 g/mol. The molecule has 140 valence electrons. The molecule has 9 heteroatoms. The van der Waals surface area contributed by atoms with Gasteiger partial charge in [0.2, 0.25) is 5.91 Å². The molecule has 27 heavy (non-hydrogen) atoms. The molecule has 2 heterocycles. The molecule has 2 aromatic carbocycles. The molecule has 2 aromatic rings. The van der Waals surface area contributed by atoms with Gasteiger partial charge in [-0.15, -0.1) is 0 Å². The molecule has 0 atom stereocenters. The molecule has 0 aromatic heterocycles. The van der Waals surface area contributed by atoms with Gasteiger partial charge in [0.15, 0.2) is 0 Å². The minimum atomic E-state index is -3.82. The van der Waals surface area contributed by atoms with E-state index >= 15 is 0 Å². The van der Waals surface area contributed by atoms with Crippen molar-refractivity contribution >= 4 is 39.0 Å². The van der Waals surface area contributed by atoms with Gasteiger partial charge >= 0.3 is 6.03 Å². The molecule has 3 amide bonds. The first kappa shape index (κ1) is 17.3. The molecule has 0 spiro atoms. The summed E-state index contributed by atoms with van der Waals surface area (Å²) in [6.45, 7) is 1.21. The van der Waals surface area contributed by atoms with Gasteiger partial charge in [0, 0.05) is 24.5 Å². The average Bonchev–Trinajstić information content (AvgIpc) is 3.01. The highest BCUT2D eigenvalue weighted by Gasteiger charge is 2.23. The second-order valence-corrected chi connectivity index (χ2v) is 8.12. The van der Waals surface area contributed by atoms with Crippen molar-refractivity contribution < 1.29 is 18.0 Å². The predicted octanol–water partition coefficient (Wildman–Crippen LogP) is 1.90. The number of nitrogens with one attached hydrogen (secondary N) is 3. The number of sulfonamides is 1. The molecule has 4 rings (SSSR count). The maximum atomic E-state index is 12.7. The van der Waals surface area contributed by atoms with E-state index in [1.54, 1.807) is 35.2 Å². The zero-order valence-corrected chi connectivity index (χ0v) is 15.2.